The molecule has 0 fully saturated rings. The standard InChI is InChI=1S/C14H12ClNO/c15-14(13-9-5-2-6-10-13)16-17-11-12-7-3-1-4-8-12/h1-10H,11H2. The third kappa shape index (κ3) is 3.61. The molecule has 0 saturated heterocycles. The van der Waals surface area contributed by atoms with Gasteiger partial charge in [0, 0.05) is 5.56 Å². The molecule has 2 aromatic carbocycles. The average Bonchev–Trinajstić information content (AvgIpc) is 2.41. The van der Waals surface area contributed by atoms with Crippen molar-refractivity contribution in [2.45, 2.75) is 6.61 Å². The van der Waals surface area contributed by atoms with E-state index in [1.807, 2.05) is 60.7 Å². The fraction of sp³-hybridized carbons (Fsp3) is 0.0714. The minimum Gasteiger partial charge on any atom is -0.390 e. The summed E-state index contributed by atoms with van der Waals surface area (Å²) in [5.74, 6) is 0. The minimum absolute atomic E-state index is 0.363. The normalized spacial score (nSPS) is 11.2. The van der Waals surface area contributed by atoms with Gasteiger partial charge >= 0.3 is 0 Å². The average molecular weight is 246 g/mol. The van der Waals surface area contributed by atoms with Crippen LogP contribution in [0.3, 0.4) is 0 Å². The van der Waals surface area contributed by atoms with Crippen LogP contribution in [-0.4, -0.2) is 5.17 Å². The first-order valence-electron chi connectivity index (χ1n) is 5.31. The first-order chi connectivity index (χ1) is 8.36. The van der Waals surface area contributed by atoms with Gasteiger partial charge in [-0.05, 0) is 5.56 Å². The summed E-state index contributed by atoms with van der Waals surface area (Å²) in [6.07, 6.45) is 0. The van der Waals surface area contributed by atoms with Crippen LogP contribution in [0.1, 0.15) is 11.1 Å². The molecule has 0 aliphatic heterocycles. The van der Waals surface area contributed by atoms with Crippen LogP contribution in [0, 0.1) is 0 Å². The van der Waals surface area contributed by atoms with Gasteiger partial charge < -0.3 is 4.84 Å². The molecule has 17 heavy (non-hydrogen) atoms. The summed E-state index contributed by atoms with van der Waals surface area (Å²) >= 11 is 6.00. The Labute approximate surface area is 105 Å². The number of hydrogen-bond acceptors (Lipinski definition) is 2. The summed E-state index contributed by atoms with van der Waals surface area (Å²) in [6.45, 7) is 0.421. The Bertz CT molecular complexity index is 482. The highest BCUT2D eigenvalue weighted by atomic mass is 35.5. The summed E-state index contributed by atoms with van der Waals surface area (Å²) in [7, 11) is 0. The molecule has 3 heteroatoms. The van der Waals surface area contributed by atoms with Gasteiger partial charge in [-0.3, -0.25) is 0 Å². The van der Waals surface area contributed by atoms with Crippen molar-refractivity contribution >= 4 is 16.8 Å². The van der Waals surface area contributed by atoms with E-state index in [-0.39, 0.29) is 0 Å². The number of nitrogens with zero attached hydrogens (tertiary/aromatic N) is 1. The molecule has 0 heterocycles. The Hall–Kier alpha value is -1.80. The van der Waals surface area contributed by atoms with Crippen LogP contribution in [0.5, 0.6) is 0 Å². The molecule has 2 rings (SSSR count). The summed E-state index contributed by atoms with van der Waals surface area (Å²) in [5.41, 5.74) is 1.91. The molecule has 0 saturated carbocycles. The predicted octanol–water partition coefficient (Wildman–Crippen LogP) is 3.80. The largest absolute Gasteiger partial charge is 0.390 e. The second-order valence-corrected chi connectivity index (χ2v) is 3.87. The zero-order valence-corrected chi connectivity index (χ0v) is 9.97. The van der Waals surface area contributed by atoms with Gasteiger partial charge in [0.2, 0.25) is 0 Å². The number of hydrogen-bond donors (Lipinski definition) is 0. The molecular weight excluding hydrogens is 234 g/mol. The summed E-state index contributed by atoms with van der Waals surface area (Å²) in [4.78, 5) is 5.19. The molecule has 0 atom stereocenters. The minimum atomic E-state index is 0.363. The van der Waals surface area contributed by atoms with Crippen LogP contribution in [0.15, 0.2) is 65.8 Å². The lowest BCUT2D eigenvalue weighted by Gasteiger charge is -2.01. The van der Waals surface area contributed by atoms with Crippen molar-refractivity contribution < 1.29 is 4.84 Å². The van der Waals surface area contributed by atoms with Crippen molar-refractivity contribution in [1.29, 1.82) is 0 Å². The zero-order valence-electron chi connectivity index (χ0n) is 9.21. The van der Waals surface area contributed by atoms with Crippen molar-refractivity contribution in [2.75, 3.05) is 0 Å². The van der Waals surface area contributed by atoms with Crippen LogP contribution < -0.4 is 0 Å². The van der Waals surface area contributed by atoms with E-state index in [1.54, 1.807) is 0 Å². The van der Waals surface area contributed by atoms with Crippen molar-refractivity contribution in [2.24, 2.45) is 5.16 Å². The van der Waals surface area contributed by atoms with Gasteiger partial charge in [0.25, 0.3) is 0 Å². The number of benzene rings is 2. The first-order valence-corrected chi connectivity index (χ1v) is 5.69. The monoisotopic (exact) mass is 245 g/mol. The maximum absolute atomic E-state index is 6.00. The van der Waals surface area contributed by atoms with E-state index in [0.717, 1.165) is 11.1 Å². The second kappa shape index (κ2) is 6.06. The molecule has 2 nitrogen and oxygen atoms in total. The number of rotatable bonds is 4. The highest BCUT2D eigenvalue weighted by Gasteiger charge is 1.98. The van der Waals surface area contributed by atoms with E-state index < -0.39 is 0 Å². The van der Waals surface area contributed by atoms with Gasteiger partial charge in [0.05, 0.1) is 0 Å². The Kier molecular flexibility index (Phi) is 4.17. The molecule has 0 N–H and O–H groups in total. The Balaban J connectivity index is 1.93. The van der Waals surface area contributed by atoms with Gasteiger partial charge in [-0.1, -0.05) is 77.4 Å². The van der Waals surface area contributed by atoms with E-state index in [2.05, 4.69) is 5.16 Å². The molecule has 0 unspecified atom stereocenters. The molecule has 0 aromatic heterocycles. The van der Waals surface area contributed by atoms with Gasteiger partial charge in [0.1, 0.15) is 6.61 Å². The zero-order chi connectivity index (χ0) is 11.9. The molecule has 86 valence electrons. The quantitative estimate of drug-likeness (QED) is 0.593. The first kappa shape index (κ1) is 11.7. The second-order valence-electron chi connectivity index (χ2n) is 3.51. The van der Waals surface area contributed by atoms with Crippen LogP contribution >= 0.6 is 11.6 Å². The third-order valence-electron chi connectivity index (χ3n) is 2.23. The summed E-state index contributed by atoms with van der Waals surface area (Å²) in [5, 5.41) is 4.23. The fourth-order valence-electron chi connectivity index (χ4n) is 1.37. The maximum Gasteiger partial charge on any atom is 0.175 e. The van der Waals surface area contributed by atoms with E-state index in [0.29, 0.717) is 11.8 Å². The Morgan fingerprint density at radius 2 is 1.53 bits per heavy atom. The molecule has 0 amide bonds. The van der Waals surface area contributed by atoms with Crippen LogP contribution in [0.4, 0.5) is 0 Å². The molecule has 0 aliphatic rings. The molecule has 0 radical (unpaired) electrons. The lowest BCUT2D eigenvalue weighted by molar-refractivity contribution is 0.131. The topological polar surface area (TPSA) is 21.6 Å². The van der Waals surface area contributed by atoms with Gasteiger partial charge in [-0.25, -0.2) is 0 Å². The SMILES string of the molecule is ClC(=NOCc1ccccc1)c1ccccc1. The highest BCUT2D eigenvalue weighted by molar-refractivity contribution is 6.69. The van der Waals surface area contributed by atoms with E-state index in [4.69, 9.17) is 16.4 Å². The third-order valence-corrected chi connectivity index (χ3v) is 2.52. The lowest BCUT2D eigenvalue weighted by Crippen LogP contribution is -1.93. The summed E-state index contributed by atoms with van der Waals surface area (Å²) < 4.78 is 0. The lowest BCUT2D eigenvalue weighted by atomic mass is 10.2. The Morgan fingerprint density at radius 3 is 2.18 bits per heavy atom. The van der Waals surface area contributed by atoms with E-state index in [9.17, 15) is 0 Å². The molecule has 0 spiro atoms. The van der Waals surface area contributed by atoms with Gasteiger partial charge in [-0.15, -0.1) is 0 Å². The van der Waals surface area contributed by atoms with E-state index >= 15 is 0 Å². The number of oxime groups is 1. The molecular formula is C14H12ClNO. The van der Waals surface area contributed by atoms with Crippen molar-refractivity contribution in [3.8, 4) is 0 Å². The van der Waals surface area contributed by atoms with Gasteiger partial charge in [-0.2, -0.15) is 0 Å². The maximum atomic E-state index is 6.00. The number of halogens is 1. The van der Waals surface area contributed by atoms with Crippen molar-refractivity contribution in [3.05, 3.63) is 71.8 Å². The molecule has 0 bridgehead atoms. The van der Waals surface area contributed by atoms with E-state index in [1.165, 1.54) is 0 Å². The van der Waals surface area contributed by atoms with Gasteiger partial charge in [0.15, 0.2) is 5.17 Å². The van der Waals surface area contributed by atoms with Crippen LogP contribution in [0.25, 0.3) is 0 Å². The van der Waals surface area contributed by atoms with Crippen LogP contribution in [-0.2, 0) is 11.4 Å². The smallest absolute Gasteiger partial charge is 0.175 e. The fourth-order valence-corrected chi connectivity index (χ4v) is 1.54. The van der Waals surface area contributed by atoms with Crippen molar-refractivity contribution in [1.82, 2.24) is 0 Å². The summed E-state index contributed by atoms with van der Waals surface area (Å²) in [6, 6.07) is 19.4. The predicted molar refractivity (Wildman–Crippen MR) is 70.1 cm³/mol. The van der Waals surface area contributed by atoms with Crippen molar-refractivity contribution in [3.63, 3.8) is 0 Å². The molecule has 0 aliphatic carbocycles. The highest BCUT2D eigenvalue weighted by Crippen LogP contribution is 2.06. The van der Waals surface area contributed by atoms with Crippen LogP contribution in [0.2, 0.25) is 0 Å². The molecule has 2 aromatic rings. The Morgan fingerprint density at radius 1 is 0.941 bits per heavy atom.